The first-order valence-electron chi connectivity index (χ1n) is 6.79. The van der Waals surface area contributed by atoms with Gasteiger partial charge in [0.1, 0.15) is 11.6 Å². The van der Waals surface area contributed by atoms with Gasteiger partial charge in [0.2, 0.25) is 0 Å². The molecule has 0 radical (unpaired) electrons. The molecule has 1 aromatic carbocycles. The minimum absolute atomic E-state index is 0.161. The van der Waals surface area contributed by atoms with Gasteiger partial charge >= 0.3 is 0 Å². The molecule has 0 heterocycles. The maximum Gasteiger partial charge on any atom is 0.126 e. The fourth-order valence-corrected chi connectivity index (χ4v) is 2.50. The predicted octanol–water partition coefficient (Wildman–Crippen LogP) is 3.77. The van der Waals surface area contributed by atoms with E-state index in [0.717, 1.165) is 31.0 Å². The predicted molar refractivity (Wildman–Crippen MR) is 69.6 cm³/mol. The topological polar surface area (TPSA) is 12.0 Å². The van der Waals surface area contributed by atoms with Crippen molar-refractivity contribution in [3.8, 4) is 0 Å². The van der Waals surface area contributed by atoms with Gasteiger partial charge in [-0.2, -0.15) is 0 Å². The summed E-state index contributed by atoms with van der Waals surface area (Å²) < 4.78 is 26.8. The van der Waals surface area contributed by atoms with Crippen molar-refractivity contribution < 1.29 is 8.78 Å². The number of hydrogen-bond donors (Lipinski definition) is 1. The van der Waals surface area contributed by atoms with Gasteiger partial charge in [0.15, 0.2) is 0 Å². The molecular weight excluding hydrogens is 232 g/mol. The van der Waals surface area contributed by atoms with Crippen molar-refractivity contribution in [2.24, 2.45) is 0 Å². The zero-order valence-electron chi connectivity index (χ0n) is 11.1. The van der Waals surface area contributed by atoms with Crippen LogP contribution >= 0.6 is 0 Å². The lowest BCUT2D eigenvalue weighted by atomic mass is 9.75. The Morgan fingerprint density at radius 3 is 2.11 bits per heavy atom. The summed E-state index contributed by atoms with van der Waals surface area (Å²) in [6.07, 6.45) is 4.21. The summed E-state index contributed by atoms with van der Waals surface area (Å²) in [5.74, 6) is -0.967. The highest BCUT2D eigenvalue weighted by Gasteiger charge is 2.32. The summed E-state index contributed by atoms with van der Waals surface area (Å²) >= 11 is 0. The molecular formula is C15H21F2N. The SMILES string of the molecule is CCC(CC)(CNC1CC1)c1cc(F)cc(F)c1. The maximum absolute atomic E-state index is 13.4. The Morgan fingerprint density at radius 2 is 1.67 bits per heavy atom. The second-order valence-corrected chi connectivity index (χ2v) is 5.30. The largest absolute Gasteiger partial charge is 0.313 e. The first kappa shape index (κ1) is 13.5. The number of rotatable bonds is 6. The van der Waals surface area contributed by atoms with Crippen molar-refractivity contribution in [3.63, 3.8) is 0 Å². The average molecular weight is 253 g/mol. The number of benzene rings is 1. The smallest absolute Gasteiger partial charge is 0.126 e. The van der Waals surface area contributed by atoms with Crippen LogP contribution in [0.3, 0.4) is 0 Å². The molecule has 0 aliphatic heterocycles. The molecule has 1 fully saturated rings. The van der Waals surface area contributed by atoms with Crippen LogP contribution in [-0.2, 0) is 5.41 Å². The monoisotopic (exact) mass is 253 g/mol. The Balaban J connectivity index is 2.25. The molecule has 3 heteroatoms. The minimum atomic E-state index is -0.484. The van der Waals surface area contributed by atoms with Crippen molar-refractivity contribution in [1.82, 2.24) is 5.32 Å². The molecule has 0 atom stereocenters. The lowest BCUT2D eigenvalue weighted by Crippen LogP contribution is -2.38. The van der Waals surface area contributed by atoms with Gasteiger partial charge in [-0.1, -0.05) is 13.8 Å². The van der Waals surface area contributed by atoms with E-state index in [-0.39, 0.29) is 5.41 Å². The van der Waals surface area contributed by atoms with Crippen LogP contribution in [0, 0.1) is 11.6 Å². The van der Waals surface area contributed by atoms with Crippen LogP contribution in [0.25, 0.3) is 0 Å². The summed E-state index contributed by atoms with van der Waals surface area (Å²) in [4.78, 5) is 0. The molecule has 0 unspecified atom stereocenters. The highest BCUT2D eigenvalue weighted by Crippen LogP contribution is 2.33. The van der Waals surface area contributed by atoms with Crippen LogP contribution in [0.1, 0.15) is 45.1 Å². The molecule has 1 aliphatic rings. The van der Waals surface area contributed by atoms with E-state index in [1.54, 1.807) is 0 Å². The van der Waals surface area contributed by atoms with Crippen molar-refractivity contribution in [1.29, 1.82) is 0 Å². The minimum Gasteiger partial charge on any atom is -0.313 e. The van der Waals surface area contributed by atoms with Crippen molar-refractivity contribution in [2.75, 3.05) is 6.54 Å². The van der Waals surface area contributed by atoms with E-state index in [1.165, 1.54) is 25.0 Å². The lowest BCUT2D eigenvalue weighted by Gasteiger charge is -2.33. The molecule has 1 saturated carbocycles. The van der Waals surface area contributed by atoms with Crippen LogP contribution < -0.4 is 5.32 Å². The van der Waals surface area contributed by atoms with Crippen LogP contribution in [0.15, 0.2) is 18.2 Å². The average Bonchev–Trinajstić information content (AvgIpc) is 3.14. The molecule has 18 heavy (non-hydrogen) atoms. The molecule has 0 saturated heterocycles. The highest BCUT2D eigenvalue weighted by molar-refractivity contribution is 5.27. The Morgan fingerprint density at radius 1 is 1.11 bits per heavy atom. The van der Waals surface area contributed by atoms with E-state index < -0.39 is 11.6 Å². The quantitative estimate of drug-likeness (QED) is 0.813. The van der Waals surface area contributed by atoms with Crippen molar-refractivity contribution in [3.05, 3.63) is 35.4 Å². The number of hydrogen-bond acceptors (Lipinski definition) is 1. The van der Waals surface area contributed by atoms with Crippen LogP contribution in [-0.4, -0.2) is 12.6 Å². The van der Waals surface area contributed by atoms with Gasteiger partial charge in [-0.25, -0.2) is 8.78 Å². The standard InChI is InChI=1S/C15H21F2N/c1-3-15(4-2,10-18-14-5-6-14)11-7-12(16)9-13(17)8-11/h7-9,14,18H,3-6,10H2,1-2H3. The Kier molecular flexibility index (Phi) is 4.00. The third kappa shape index (κ3) is 2.89. The Hall–Kier alpha value is -0.960. The van der Waals surface area contributed by atoms with E-state index in [1.807, 2.05) is 0 Å². The molecule has 1 nitrogen and oxygen atoms in total. The first-order valence-corrected chi connectivity index (χ1v) is 6.79. The molecule has 0 bridgehead atoms. The zero-order valence-corrected chi connectivity index (χ0v) is 11.1. The number of halogens is 2. The van der Waals surface area contributed by atoms with Gasteiger partial charge in [0.05, 0.1) is 0 Å². The van der Waals surface area contributed by atoms with E-state index in [2.05, 4.69) is 19.2 Å². The van der Waals surface area contributed by atoms with Gasteiger partial charge in [-0.3, -0.25) is 0 Å². The van der Waals surface area contributed by atoms with E-state index in [0.29, 0.717) is 6.04 Å². The second-order valence-electron chi connectivity index (χ2n) is 5.30. The Bertz CT molecular complexity index is 389. The molecule has 0 amide bonds. The lowest BCUT2D eigenvalue weighted by molar-refractivity contribution is 0.363. The van der Waals surface area contributed by atoms with Crippen LogP contribution in [0.4, 0.5) is 8.78 Å². The normalized spacial score (nSPS) is 16.0. The first-order chi connectivity index (χ1) is 8.59. The summed E-state index contributed by atoms with van der Waals surface area (Å²) in [5, 5.41) is 3.49. The Labute approximate surface area is 108 Å². The van der Waals surface area contributed by atoms with E-state index in [4.69, 9.17) is 0 Å². The third-order valence-electron chi connectivity index (χ3n) is 4.13. The van der Waals surface area contributed by atoms with Crippen molar-refractivity contribution >= 4 is 0 Å². The number of nitrogens with one attached hydrogen (secondary N) is 1. The molecule has 1 N–H and O–H groups in total. The molecule has 100 valence electrons. The summed E-state index contributed by atoms with van der Waals surface area (Å²) in [6, 6.07) is 4.50. The fourth-order valence-electron chi connectivity index (χ4n) is 2.50. The van der Waals surface area contributed by atoms with Gasteiger partial charge in [-0.05, 0) is 43.4 Å². The van der Waals surface area contributed by atoms with E-state index in [9.17, 15) is 8.78 Å². The molecule has 0 spiro atoms. The second kappa shape index (κ2) is 5.35. The van der Waals surface area contributed by atoms with E-state index >= 15 is 0 Å². The molecule has 2 rings (SSSR count). The zero-order chi connectivity index (χ0) is 13.2. The summed E-state index contributed by atoms with van der Waals surface area (Å²) in [5.41, 5.74) is 0.615. The van der Waals surface area contributed by atoms with Gasteiger partial charge in [0.25, 0.3) is 0 Å². The van der Waals surface area contributed by atoms with Crippen LogP contribution in [0.2, 0.25) is 0 Å². The van der Waals surface area contributed by atoms with Gasteiger partial charge < -0.3 is 5.32 Å². The highest BCUT2D eigenvalue weighted by atomic mass is 19.1. The molecule has 0 aromatic heterocycles. The summed E-state index contributed by atoms with van der Waals surface area (Å²) in [6.45, 7) is 4.97. The van der Waals surface area contributed by atoms with Crippen molar-refractivity contribution in [2.45, 2.75) is 51.0 Å². The maximum atomic E-state index is 13.4. The summed E-state index contributed by atoms with van der Waals surface area (Å²) in [7, 11) is 0. The third-order valence-corrected chi connectivity index (χ3v) is 4.13. The van der Waals surface area contributed by atoms with Crippen LogP contribution in [0.5, 0.6) is 0 Å². The van der Waals surface area contributed by atoms with Gasteiger partial charge in [0, 0.05) is 24.1 Å². The van der Waals surface area contributed by atoms with Gasteiger partial charge in [-0.15, -0.1) is 0 Å². The molecule has 1 aliphatic carbocycles. The molecule has 1 aromatic rings. The fraction of sp³-hybridized carbons (Fsp3) is 0.600.